The smallest absolute Gasteiger partial charge is 0.416 e. The molecule has 2 aromatic rings. The maximum absolute atomic E-state index is 12.5. The summed E-state index contributed by atoms with van der Waals surface area (Å²) in [5.41, 5.74) is -1.00. The van der Waals surface area contributed by atoms with Gasteiger partial charge in [-0.3, -0.25) is 10.1 Å². The van der Waals surface area contributed by atoms with Crippen molar-refractivity contribution in [2.45, 2.75) is 12.3 Å². The predicted molar refractivity (Wildman–Crippen MR) is 87.1 cm³/mol. The summed E-state index contributed by atoms with van der Waals surface area (Å²) in [5.74, 6) is 0.259. The van der Waals surface area contributed by atoms with Crippen LogP contribution in [0.4, 0.5) is 24.7 Å². The first kappa shape index (κ1) is 19.4. The molecule has 0 spiro atoms. The molecule has 0 saturated heterocycles. The maximum Gasteiger partial charge on any atom is 0.416 e. The number of ether oxygens (including phenoxy) is 1. The monoisotopic (exact) mass is 371 g/mol. The molecule has 0 aliphatic carbocycles. The minimum Gasteiger partial charge on any atom is -0.491 e. The van der Waals surface area contributed by atoms with E-state index in [-0.39, 0.29) is 30.4 Å². The van der Waals surface area contributed by atoms with Gasteiger partial charge < -0.3 is 14.7 Å². The Kier molecular flexibility index (Phi) is 5.98. The van der Waals surface area contributed by atoms with E-state index >= 15 is 0 Å². The molecule has 10 heteroatoms. The standard InChI is InChI=1S/C16H16F3N3O4/c1-21(15-14(22(24)25)3-2-8-20-15)9-12(23)10-26-13-6-4-11(5-7-13)16(17,18)19/h2-8,12,23H,9-10H2,1H3. The number of aliphatic hydroxyl groups excluding tert-OH is 1. The molecule has 1 atom stereocenters. The zero-order valence-electron chi connectivity index (χ0n) is 13.7. The van der Waals surface area contributed by atoms with Gasteiger partial charge in [-0.25, -0.2) is 4.98 Å². The number of hydrogen-bond donors (Lipinski definition) is 1. The molecule has 0 aliphatic heterocycles. The van der Waals surface area contributed by atoms with E-state index in [1.54, 1.807) is 0 Å². The van der Waals surface area contributed by atoms with E-state index in [9.17, 15) is 28.4 Å². The third kappa shape index (κ3) is 5.06. The van der Waals surface area contributed by atoms with Gasteiger partial charge in [-0.15, -0.1) is 0 Å². The van der Waals surface area contributed by atoms with Crippen molar-refractivity contribution in [2.75, 3.05) is 25.1 Å². The Morgan fingerprint density at radius 2 is 1.96 bits per heavy atom. The zero-order valence-corrected chi connectivity index (χ0v) is 13.7. The molecule has 0 amide bonds. The maximum atomic E-state index is 12.5. The second-order valence-electron chi connectivity index (χ2n) is 5.47. The average molecular weight is 371 g/mol. The molecule has 0 saturated carbocycles. The number of benzene rings is 1. The lowest BCUT2D eigenvalue weighted by molar-refractivity contribution is -0.384. The van der Waals surface area contributed by atoms with Gasteiger partial charge in [-0.2, -0.15) is 13.2 Å². The van der Waals surface area contributed by atoms with Crippen molar-refractivity contribution in [3.63, 3.8) is 0 Å². The van der Waals surface area contributed by atoms with Gasteiger partial charge in [0.1, 0.15) is 18.5 Å². The van der Waals surface area contributed by atoms with Crippen molar-refractivity contribution in [2.24, 2.45) is 0 Å². The largest absolute Gasteiger partial charge is 0.491 e. The van der Waals surface area contributed by atoms with Crippen molar-refractivity contribution in [3.8, 4) is 5.75 Å². The number of anilines is 1. The van der Waals surface area contributed by atoms with E-state index in [1.807, 2.05) is 0 Å². The highest BCUT2D eigenvalue weighted by molar-refractivity contribution is 5.56. The number of pyridine rings is 1. The van der Waals surface area contributed by atoms with Crippen LogP contribution in [-0.4, -0.2) is 41.3 Å². The Morgan fingerprint density at radius 3 is 2.54 bits per heavy atom. The number of rotatable bonds is 7. The third-order valence-corrected chi connectivity index (χ3v) is 3.43. The lowest BCUT2D eigenvalue weighted by atomic mass is 10.2. The molecule has 140 valence electrons. The van der Waals surface area contributed by atoms with Crippen LogP contribution in [0.15, 0.2) is 42.6 Å². The average Bonchev–Trinajstić information content (AvgIpc) is 2.59. The lowest BCUT2D eigenvalue weighted by Crippen LogP contribution is -2.33. The second kappa shape index (κ2) is 8.00. The van der Waals surface area contributed by atoms with Crippen molar-refractivity contribution >= 4 is 11.5 Å². The minimum atomic E-state index is -4.43. The van der Waals surface area contributed by atoms with Gasteiger partial charge >= 0.3 is 11.9 Å². The van der Waals surface area contributed by atoms with Gasteiger partial charge in [0.25, 0.3) is 0 Å². The molecule has 1 aromatic heterocycles. The van der Waals surface area contributed by atoms with Gasteiger partial charge in [0.05, 0.1) is 10.5 Å². The van der Waals surface area contributed by atoms with Gasteiger partial charge in [0, 0.05) is 25.9 Å². The molecule has 1 heterocycles. The molecule has 0 bridgehead atoms. The molecule has 7 nitrogen and oxygen atoms in total. The van der Waals surface area contributed by atoms with Gasteiger partial charge in [-0.05, 0) is 30.3 Å². The van der Waals surface area contributed by atoms with E-state index in [0.29, 0.717) is 0 Å². The van der Waals surface area contributed by atoms with Crippen molar-refractivity contribution < 1.29 is 27.9 Å². The van der Waals surface area contributed by atoms with E-state index in [0.717, 1.165) is 24.3 Å². The molecule has 0 fully saturated rings. The number of aliphatic hydroxyl groups is 1. The highest BCUT2D eigenvalue weighted by Gasteiger charge is 2.30. The van der Waals surface area contributed by atoms with Gasteiger partial charge in [-0.1, -0.05) is 0 Å². The highest BCUT2D eigenvalue weighted by Crippen LogP contribution is 2.30. The zero-order chi connectivity index (χ0) is 19.3. The first-order valence-electron chi connectivity index (χ1n) is 7.47. The summed E-state index contributed by atoms with van der Waals surface area (Å²) in [6.45, 7) is -0.213. The Balaban J connectivity index is 1.93. The normalized spacial score (nSPS) is 12.5. The van der Waals surface area contributed by atoms with Crippen molar-refractivity contribution in [1.29, 1.82) is 0 Å². The van der Waals surface area contributed by atoms with E-state index in [1.165, 1.54) is 30.3 Å². The summed E-state index contributed by atoms with van der Waals surface area (Å²) in [6, 6.07) is 6.80. The Morgan fingerprint density at radius 1 is 1.31 bits per heavy atom. The number of alkyl halides is 3. The fourth-order valence-corrected chi connectivity index (χ4v) is 2.21. The van der Waals surface area contributed by atoms with Crippen LogP contribution >= 0.6 is 0 Å². The molecule has 1 unspecified atom stereocenters. The summed E-state index contributed by atoms with van der Waals surface area (Å²) in [7, 11) is 1.52. The molecule has 1 aromatic carbocycles. The topological polar surface area (TPSA) is 88.7 Å². The quantitative estimate of drug-likeness (QED) is 0.595. The number of halogens is 3. The van der Waals surface area contributed by atoms with E-state index in [4.69, 9.17) is 4.74 Å². The fourth-order valence-electron chi connectivity index (χ4n) is 2.21. The Labute approximate surface area is 146 Å². The third-order valence-electron chi connectivity index (χ3n) is 3.43. The molecule has 1 N–H and O–H groups in total. The van der Waals surface area contributed by atoms with Crippen LogP contribution in [0.1, 0.15) is 5.56 Å². The van der Waals surface area contributed by atoms with Crippen LogP contribution in [0.3, 0.4) is 0 Å². The Hall–Kier alpha value is -2.88. The molecular weight excluding hydrogens is 355 g/mol. The number of nitro groups is 1. The molecule has 2 rings (SSSR count). The van der Waals surface area contributed by atoms with Crippen LogP contribution in [0.25, 0.3) is 0 Å². The van der Waals surface area contributed by atoms with Crippen LogP contribution in [-0.2, 0) is 6.18 Å². The SMILES string of the molecule is CN(CC(O)COc1ccc(C(F)(F)F)cc1)c1ncccc1[N+](=O)[O-]. The molecule has 0 radical (unpaired) electrons. The van der Waals surface area contributed by atoms with Crippen molar-refractivity contribution in [3.05, 3.63) is 58.3 Å². The van der Waals surface area contributed by atoms with Crippen LogP contribution < -0.4 is 9.64 Å². The summed E-state index contributed by atoms with van der Waals surface area (Å²) in [4.78, 5) is 15.7. The minimum absolute atomic E-state index is 0.0154. The number of nitrogens with zero attached hydrogens (tertiary/aromatic N) is 3. The number of likely N-dealkylation sites (N-methyl/N-ethyl adjacent to an activating group) is 1. The van der Waals surface area contributed by atoms with Gasteiger partial charge in [0.2, 0.25) is 5.82 Å². The first-order valence-corrected chi connectivity index (χ1v) is 7.47. The first-order chi connectivity index (χ1) is 12.2. The summed E-state index contributed by atoms with van der Waals surface area (Å²) >= 11 is 0. The van der Waals surface area contributed by atoms with Crippen LogP contribution in [0.5, 0.6) is 5.75 Å². The molecule has 26 heavy (non-hydrogen) atoms. The van der Waals surface area contributed by atoms with E-state index < -0.39 is 22.8 Å². The highest BCUT2D eigenvalue weighted by atomic mass is 19.4. The molecular formula is C16H16F3N3O4. The summed E-state index contributed by atoms with van der Waals surface area (Å²) in [5, 5.41) is 21.0. The number of aromatic nitrogens is 1. The second-order valence-corrected chi connectivity index (χ2v) is 5.47. The molecule has 0 aliphatic rings. The lowest BCUT2D eigenvalue weighted by Gasteiger charge is -2.21. The predicted octanol–water partition coefficient (Wildman–Crippen LogP) is 2.88. The summed E-state index contributed by atoms with van der Waals surface area (Å²) in [6.07, 6.45) is -4.08. The Bertz CT molecular complexity index is 753. The summed E-state index contributed by atoms with van der Waals surface area (Å²) < 4.78 is 42.7. The fraction of sp³-hybridized carbons (Fsp3) is 0.312. The number of hydrogen-bond acceptors (Lipinski definition) is 6. The van der Waals surface area contributed by atoms with E-state index in [2.05, 4.69) is 4.98 Å². The van der Waals surface area contributed by atoms with Gasteiger partial charge in [0.15, 0.2) is 0 Å². The van der Waals surface area contributed by atoms with Crippen molar-refractivity contribution in [1.82, 2.24) is 4.98 Å². The van der Waals surface area contributed by atoms with Crippen LogP contribution in [0.2, 0.25) is 0 Å². The van der Waals surface area contributed by atoms with Crippen LogP contribution in [0, 0.1) is 10.1 Å².